The van der Waals surface area contributed by atoms with Crippen molar-refractivity contribution in [2.24, 2.45) is 0 Å². The lowest BCUT2D eigenvalue weighted by molar-refractivity contribution is 0.0694. The first kappa shape index (κ1) is 14.6. The monoisotopic (exact) mass is 297 g/mol. The number of carboxylic acids is 1. The summed E-state index contributed by atoms with van der Waals surface area (Å²) in [5.41, 5.74) is 2.28. The molecule has 0 aromatic heterocycles. The van der Waals surface area contributed by atoms with Crippen LogP contribution in [0.3, 0.4) is 0 Å². The Morgan fingerprint density at radius 3 is 2.68 bits per heavy atom. The molecule has 0 amide bonds. The van der Waals surface area contributed by atoms with Gasteiger partial charge in [0.1, 0.15) is 5.75 Å². The molecule has 2 aromatic rings. The molecule has 3 rings (SSSR count). The highest BCUT2D eigenvalue weighted by atomic mass is 16.4. The fraction of sp³-hybridized carbons (Fsp3) is 0.278. The van der Waals surface area contributed by atoms with Crippen LogP contribution >= 0.6 is 0 Å². The molecule has 0 bridgehead atoms. The van der Waals surface area contributed by atoms with Crippen molar-refractivity contribution in [1.82, 2.24) is 5.32 Å². The Bertz CT molecular complexity index is 684. The minimum Gasteiger partial charge on any atom is -0.508 e. The van der Waals surface area contributed by atoms with Gasteiger partial charge in [0, 0.05) is 12.5 Å². The second-order valence-electron chi connectivity index (χ2n) is 5.69. The van der Waals surface area contributed by atoms with Crippen LogP contribution in [0.4, 0.5) is 0 Å². The maximum absolute atomic E-state index is 11.5. The van der Waals surface area contributed by atoms with Gasteiger partial charge in [0.25, 0.3) is 0 Å². The summed E-state index contributed by atoms with van der Waals surface area (Å²) < 4.78 is 0. The lowest BCUT2D eigenvalue weighted by Gasteiger charge is -2.33. The van der Waals surface area contributed by atoms with Gasteiger partial charge in [-0.15, -0.1) is 0 Å². The molecule has 114 valence electrons. The van der Waals surface area contributed by atoms with Crippen LogP contribution in [0, 0.1) is 0 Å². The van der Waals surface area contributed by atoms with Gasteiger partial charge in [-0.25, -0.2) is 4.79 Å². The maximum atomic E-state index is 11.5. The lowest BCUT2D eigenvalue weighted by atomic mass is 9.76. The van der Waals surface area contributed by atoms with Crippen LogP contribution in [0.2, 0.25) is 0 Å². The molecule has 0 radical (unpaired) electrons. The Morgan fingerprint density at radius 1 is 1.09 bits per heavy atom. The van der Waals surface area contributed by atoms with Crippen LogP contribution in [0.5, 0.6) is 5.75 Å². The van der Waals surface area contributed by atoms with Crippen LogP contribution in [-0.4, -0.2) is 29.3 Å². The number of hydrogen-bond acceptors (Lipinski definition) is 3. The minimum absolute atomic E-state index is 0.0860. The van der Waals surface area contributed by atoms with Crippen molar-refractivity contribution in [3.05, 3.63) is 65.2 Å². The van der Waals surface area contributed by atoms with E-state index in [1.807, 2.05) is 24.3 Å². The highest BCUT2D eigenvalue weighted by Crippen LogP contribution is 2.39. The normalized spacial score (nSPS) is 21.5. The first-order chi connectivity index (χ1) is 10.7. The molecule has 2 aromatic carbocycles. The summed E-state index contributed by atoms with van der Waals surface area (Å²) in [5.74, 6) is -0.353. The van der Waals surface area contributed by atoms with E-state index < -0.39 is 5.97 Å². The van der Waals surface area contributed by atoms with Crippen LogP contribution in [0.1, 0.15) is 39.7 Å². The predicted octanol–water partition coefficient (Wildman–Crippen LogP) is 2.95. The van der Waals surface area contributed by atoms with E-state index in [-0.39, 0.29) is 17.6 Å². The van der Waals surface area contributed by atoms with Gasteiger partial charge in [-0.2, -0.15) is 0 Å². The van der Waals surface area contributed by atoms with E-state index in [9.17, 15) is 15.0 Å². The van der Waals surface area contributed by atoms with Crippen LogP contribution in [-0.2, 0) is 0 Å². The molecule has 4 heteroatoms. The predicted molar refractivity (Wildman–Crippen MR) is 84.5 cm³/mol. The van der Waals surface area contributed by atoms with Crippen molar-refractivity contribution in [3.8, 4) is 5.75 Å². The molecule has 4 nitrogen and oxygen atoms in total. The van der Waals surface area contributed by atoms with Crippen molar-refractivity contribution in [1.29, 1.82) is 0 Å². The quantitative estimate of drug-likeness (QED) is 0.814. The Labute approximate surface area is 129 Å². The highest BCUT2D eigenvalue weighted by Gasteiger charge is 2.30. The molecule has 1 saturated heterocycles. The molecule has 1 aliphatic heterocycles. The van der Waals surface area contributed by atoms with Gasteiger partial charge in [0.05, 0.1) is 5.56 Å². The van der Waals surface area contributed by atoms with E-state index in [0.29, 0.717) is 5.56 Å². The highest BCUT2D eigenvalue weighted by molar-refractivity contribution is 5.89. The summed E-state index contributed by atoms with van der Waals surface area (Å²) in [7, 11) is 0. The number of phenolic OH excluding ortho intramolecular Hbond substituents is 1. The number of piperidine rings is 1. The largest absolute Gasteiger partial charge is 0.508 e. The number of benzene rings is 2. The summed E-state index contributed by atoms with van der Waals surface area (Å²) in [6.07, 6.45) is 0.919. The van der Waals surface area contributed by atoms with Gasteiger partial charge < -0.3 is 15.5 Å². The van der Waals surface area contributed by atoms with Crippen LogP contribution in [0.15, 0.2) is 48.5 Å². The molecule has 0 saturated carbocycles. The Morgan fingerprint density at radius 2 is 1.91 bits per heavy atom. The van der Waals surface area contributed by atoms with Crippen LogP contribution < -0.4 is 5.32 Å². The summed E-state index contributed by atoms with van der Waals surface area (Å²) in [5, 5.41) is 22.5. The fourth-order valence-corrected chi connectivity index (χ4v) is 3.35. The fourth-order valence-electron chi connectivity index (χ4n) is 3.35. The van der Waals surface area contributed by atoms with Gasteiger partial charge in [-0.3, -0.25) is 0 Å². The molecule has 3 N–H and O–H groups in total. The molecular formula is C18H19NO3. The maximum Gasteiger partial charge on any atom is 0.335 e. The number of carbonyl (C=O) groups is 1. The number of nitrogens with one attached hydrogen (secondary N) is 1. The van der Waals surface area contributed by atoms with Gasteiger partial charge >= 0.3 is 5.97 Å². The van der Waals surface area contributed by atoms with E-state index in [1.165, 1.54) is 0 Å². The topological polar surface area (TPSA) is 69.6 Å². The second-order valence-corrected chi connectivity index (χ2v) is 5.69. The number of rotatable bonds is 3. The van der Waals surface area contributed by atoms with Crippen molar-refractivity contribution in [3.63, 3.8) is 0 Å². The number of phenols is 1. The minimum atomic E-state index is -0.893. The van der Waals surface area contributed by atoms with Crippen molar-refractivity contribution in [2.75, 3.05) is 13.1 Å². The number of carboxylic acid groups (broad SMARTS) is 1. The third-order valence-electron chi connectivity index (χ3n) is 4.37. The van der Waals surface area contributed by atoms with Gasteiger partial charge in [0.2, 0.25) is 0 Å². The Kier molecular flexibility index (Phi) is 4.11. The van der Waals surface area contributed by atoms with Crippen LogP contribution in [0.25, 0.3) is 0 Å². The SMILES string of the molecule is O=C(O)c1ccccc1[C@@H]1CNCC[C@H]1c1cccc(O)c1. The average molecular weight is 297 g/mol. The van der Waals surface area contributed by atoms with Gasteiger partial charge in [-0.05, 0) is 48.2 Å². The third kappa shape index (κ3) is 2.83. The van der Waals surface area contributed by atoms with E-state index in [0.717, 1.165) is 30.6 Å². The molecule has 1 heterocycles. The van der Waals surface area contributed by atoms with Crippen molar-refractivity contribution in [2.45, 2.75) is 18.3 Å². The summed E-state index contributed by atoms with van der Waals surface area (Å²) >= 11 is 0. The molecule has 22 heavy (non-hydrogen) atoms. The molecule has 0 spiro atoms. The van der Waals surface area contributed by atoms with E-state index in [4.69, 9.17) is 0 Å². The zero-order chi connectivity index (χ0) is 15.5. The number of aromatic hydroxyl groups is 1. The van der Waals surface area contributed by atoms with Crippen molar-refractivity contribution < 1.29 is 15.0 Å². The molecule has 1 aliphatic rings. The standard InChI is InChI=1S/C18H19NO3/c20-13-5-3-4-12(10-13)14-8-9-19-11-17(14)15-6-1-2-7-16(15)18(21)22/h1-7,10,14,17,19-20H,8-9,11H2,(H,21,22)/t14-,17+/m0/s1. The smallest absolute Gasteiger partial charge is 0.335 e. The Balaban J connectivity index is 2.02. The summed E-state index contributed by atoms with van der Waals surface area (Å²) in [6, 6.07) is 14.5. The molecule has 2 atom stereocenters. The van der Waals surface area contributed by atoms with E-state index in [2.05, 4.69) is 5.32 Å². The second kappa shape index (κ2) is 6.20. The Hall–Kier alpha value is -2.33. The third-order valence-corrected chi connectivity index (χ3v) is 4.37. The first-order valence-electron chi connectivity index (χ1n) is 7.48. The zero-order valence-electron chi connectivity index (χ0n) is 12.2. The lowest BCUT2D eigenvalue weighted by Crippen LogP contribution is -2.34. The first-order valence-corrected chi connectivity index (χ1v) is 7.48. The van der Waals surface area contributed by atoms with E-state index >= 15 is 0 Å². The van der Waals surface area contributed by atoms with E-state index in [1.54, 1.807) is 24.3 Å². The number of aromatic carboxylic acids is 1. The summed E-state index contributed by atoms with van der Waals surface area (Å²) in [4.78, 5) is 11.5. The average Bonchev–Trinajstić information content (AvgIpc) is 2.55. The van der Waals surface area contributed by atoms with Crippen molar-refractivity contribution >= 4 is 5.97 Å². The molecule has 1 fully saturated rings. The zero-order valence-corrected chi connectivity index (χ0v) is 12.2. The van der Waals surface area contributed by atoms with Gasteiger partial charge in [0.15, 0.2) is 0 Å². The summed E-state index contributed by atoms with van der Waals surface area (Å²) in [6.45, 7) is 1.64. The number of hydrogen-bond donors (Lipinski definition) is 3. The molecule has 0 unspecified atom stereocenters. The van der Waals surface area contributed by atoms with Gasteiger partial charge in [-0.1, -0.05) is 30.3 Å². The molecular weight excluding hydrogens is 278 g/mol. The molecule has 0 aliphatic carbocycles.